The quantitative estimate of drug-likeness (QED) is 0.597. The van der Waals surface area contributed by atoms with E-state index in [0.29, 0.717) is 28.5 Å². The van der Waals surface area contributed by atoms with Gasteiger partial charge in [-0.15, -0.1) is 0 Å². The topological polar surface area (TPSA) is 114 Å². The van der Waals surface area contributed by atoms with Crippen LogP contribution in [0.1, 0.15) is 12.8 Å². The van der Waals surface area contributed by atoms with E-state index in [4.69, 9.17) is 16.7 Å². The van der Waals surface area contributed by atoms with Crippen molar-refractivity contribution in [2.75, 3.05) is 19.6 Å². The summed E-state index contributed by atoms with van der Waals surface area (Å²) in [7, 11) is 0. The van der Waals surface area contributed by atoms with E-state index in [0.717, 1.165) is 25.9 Å². The van der Waals surface area contributed by atoms with Crippen LogP contribution in [-0.2, 0) is 6.54 Å². The third-order valence-electron chi connectivity index (χ3n) is 4.40. The molecule has 0 bridgehead atoms. The number of hydrogen-bond donors (Lipinski definition) is 2. The van der Waals surface area contributed by atoms with Gasteiger partial charge in [0.05, 0.1) is 5.10 Å². The molecule has 0 atom stereocenters. The van der Waals surface area contributed by atoms with Gasteiger partial charge in [-0.3, -0.25) is 4.57 Å². The lowest BCUT2D eigenvalue weighted by atomic mass is 10.1. The molecule has 9 nitrogen and oxygen atoms in total. The van der Waals surface area contributed by atoms with Crippen molar-refractivity contribution in [3.63, 3.8) is 0 Å². The summed E-state index contributed by atoms with van der Waals surface area (Å²) < 4.78 is 1.44. The maximum Gasteiger partial charge on any atom is 0.409 e. The Hall–Kier alpha value is -2.39. The summed E-state index contributed by atoms with van der Waals surface area (Å²) in [6.45, 7) is 2.45. The summed E-state index contributed by atoms with van der Waals surface area (Å²) in [5.74, 6) is 0. The molecule has 0 saturated carbocycles. The number of hydrogen-bond acceptors (Lipinski definition) is 5. The van der Waals surface area contributed by atoms with Crippen molar-refractivity contribution in [2.45, 2.75) is 25.4 Å². The molecule has 134 valence electrons. The second kappa shape index (κ2) is 7.24. The van der Waals surface area contributed by atoms with Gasteiger partial charge in [0.15, 0.2) is 0 Å². The molecular formula is C15H18ClN5O4. The molecule has 3 rings (SSSR count). The van der Waals surface area contributed by atoms with Crippen LogP contribution in [0.4, 0.5) is 4.79 Å². The standard InChI is InChI=1S/C15H18ClN5O4/c16-10-1-2-12-13(9-10)20(14(22)18-21(12)25)8-7-19-5-3-11(4-6-19)17-15(23)24/h1-2,9,11,17H,3-8H2,(H,23,24). The normalized spacial score (nSPS) is 16.2. The number of carbonyl (C=O) groups is 1. The number of fused-ring (bicyclic) bond motifs is 1. The van der Waals surface area contributed by atoms with Crippen molar-refractivity contribution in [1.29, 1.82) is 0 Å². The Bertz CT molecular complexity index is 848. The van der Waals surface area contributed by atoms with Gasteiger partial charge in [-0.25, -0.2) is 9.59 Å². The number of nitrogens with one attached hydrogen (secondary N) is 1. The predicted octanol–water partition coefficient (Wildman–Crippen LogP) is 0.415. The average molecular weight is 368 g/mol. The highest BCUT2D eigenvalue weighted by Crippen LogP contribution is 2.16. The number of piperidine rings is 1. The summed E-state index contributed by atoms with van der Waals surface area (Å²) in [6.07, 6.45) is 0.442. The van der Waals surface area contributed by atoms with Gasteiger partial charge in [0.1, 0.15) is 5.52 Å². The van der Waals surface area contributed by atoms with E-state index in [2.05, 4.69) is 15.3 Å². The summed E-state index contributed by atoms with van der Waals surface area (Å²) in [6, 6.07) is 4.66. The molecule has 1 aromatic carbocycles. The van der Waals surface area contributed by atoms with Gasteiger partial charge in [-0.2, -0.15) is 0 Å². The number of nitrogens with zero attached hydrogens (tertiary/aromatic N) is 4. The van der Waals surface area contributed by atoms with Crippen LogP contribution in [0.5, 0.6) is 0 Å². The number of amides is 1. The second-order valence-corrected chi connectivity index (χ2v) is 6.44. The van der Waals surface area contributed by atoms with E-state index in [1.165, 1.54) is 10.6 Å². The van der Waals surface area contributed by atoms with E-state index in [9.17, 15) is 14.8 Å². The summed E-state index contributed by atoms with van der Waals surface area (Å²) in [4.78, 5) is 25.2. The minimum atomic E-state index is -1.00. The number of rotatable bonds is 4. The van der Waals surface area contributed by atoms with Gasteiger partial charge in [0.25, 0.3) is 5.52 Å². The van der Waals surface area contributed by atoms with Crippen LogP contribution in [0.3, 0.4) is 0 Å². The Morgan fingerprint density at radius 1 is 1.40 bits per heavy atom. The molecule has 2 heterocycles. The zero-order valence-electron chi connectivity index (χ0n) is 13.4. The SMILES string of the molecule is O=C(O)NC1CCN(CCn2c(=O)n[n+]([O-])c3ccc(Cl)cc32)CC1. The average Bonchev–Trinajstić information content (AvgIpc) is 2.55. The molecule has 0 radical (unpaired) electrons. The van der Waals surface area contributed by atoms with Gasteiger partial charge in [-0.05, 0) is 29.8 Å². The Labute approximate surface area is 148 Å². The van der Waals surface area contributed by atoms with E-state index in [1.807, 2.05) is 0 Å². The molecule has 25 heavy (non-hydrogen) atoms. The third-order valence-corrected chi connectivity index (χ3v) is 4.63. The van der Waals surface area contributed by atoms with E-state index in [-0.39, 0.29) is 11.6 Å². The van der Waals surface area contributed by atoms with Crippen molar-refractivity contribution in [3.8, 4) is 0 Å². The van der Waals surface area contributed by atoms with Crippen LogP contribution in [0.15, 0.2) is 23.0 Å². The first-order valence-electron chi connectivity index (χ1n) is 7.96. The van der Waals surface area contributed by atoms with Crippen molar-refractivity contribution >= 4 is 28.7 Å². The number of likely N-dealkylation sites (tertiary alicyclic amines) is 1. The van der Waals surface area contributed by atoms with E-state index < -0.39 is 11.8 Å². The minimum absolute atomic E-state index is 0.0334. The number of aromatic nitrogens is 3. The molecular weight excluding hydrogens is 350 g/mol. The molecule has 1 amide bonds. The fourth-order valence-corrected chi connectivity index (χ4v) is 3.26. The highest BCUT2D eigenvalue weighted by molar-refractivity contribution is 6.31. The highest BCUT2D eigenvalue weighted by atomic mass is 35.5. The Balaban J connectivity index is 1.71. The van der Waals surface area contributed by atoms with Gasteiger partial charge >= 0.3 is 11.8 Å². The lowest BCUT2D eigenvalue weighted by Crippen LogP contribution is -2.46. The largest absolute Gasteiger partial charge is 0.594 e. The van der Waals surface area contributed by atoms with Crippen molar-refractivity contribution < 1.29 is 14.7 Å². The molecule has 1 saturated heterocycles. The maximum absolute atomic E-state index is 12.1. The molecule has 0 aliphatic carbocycles. The van der Waals surface area contributed by atoms with Crippen LogP contribution in [0.2, 0.25) is 5.02 Å². The van der Waals surface area contributed by atoms with Crippen molar-refractivity contribution in [3.05, 3.63) is 38.9 Å². The summed E-state index contributed by atoms with van der Waals surface area (Å²) in [5, 5.41) is 26.9. The van der Waals surface area contributed by atoms with Crippen molar-refractivity contribution in [2.24, 2.45) is 0 Å². The number of carboxylic acid groups (broad SMARTS) is 1. The van der Waals surface area contributed by atoms with Crippen LogP contribution in [0, 0.1) is 5.21 Å². The van der Waals surface area contributed by atoms with Crippen LogP contribution >= 0.6 is 11.6 Å². The fraction of sp³-hybridized carbons (Fsp3) is 0.467. The fourth-order valence-electron chi connectivity index (χ4n) is 3.10. The maximum atomic E-state index is 12.1. The lowest BCUT2D eigenvalue weighted by molar-refractivity contribution is -0.645. The lowest BCUT2D eigenvalue weighted by Gasteiger charge is -2.31. The van der Waals surface area contributed by atoms with Crippen LogP contribution in [-0.4, -0.2) is 51.4 Å². The third kappa shape index (κ3) is 3.99. The summed E-state index contributed by atoms with van der Waals surface area (Å²) in [5.41, 5.74) is 0.116. The molecule has 1 aliphatic heterocycles. The van der Waals surface area contributed by atoms with E-state index >= 15 is 0 Å². The Morgan fingerprint density at radius 2 is 2.12 bits per heavy atom. The molecule has 1 aliphatic rings. The first-order chi connectivity index (χ1) is 11.9. The Kier molecular flexibility index (Phi) is 5.05. The smallest absolute Gasteiger partial charge is 0.409 e. The molecule has 0 unspecified atom stereocenters. The van der Waals surface area contributed by atoms with Gasteiger partial charge in [0.2, 0.25) is 0 Å². The molecule has 0 spiro atoms. The molecule has 1 aromatic heterocycles. The molecule has 2 aromatic rings. The highest BCUT2D eigenvalue weighted by Gasteiger charge is 2.21. The molecule has 10 heteroatoms. The predicted molar refractivity (Wildman–Crippen MR) is 90.6 cm³/mol. The van der Waals surface area contributed by atoms with Gasteiger partial charge < -0.3 is 20.5 Å². The molecule has 1 fully saturated rings. The number of benzene rings is 1. The van der Waals surface area contributed by atoms with Gasteiger partial charge in [-0.1, -0.05) is 11.6 Å². The van der Waals surface area contributed by atoms with Crippen LogP contribution < -0.4 is 15.9 Å². The Morgan fingerprint density at radius 3 is 2.80 bits per heavy atom. The molecule has 2 N–H and O–H groups in total. The zero-order chi connectivity index (χ0) is 18.0. The van der Waals surface area contributed by atoms with Crippen molar-refractivity contribution in [1.82, 2.24) is 19.9 Å². The first-order valence-corrected chi connectivity index (χ1v) is 8.33. The summed E-state index contributed by atoms with van der Waals surface area (Å²) >= 11 is 5.99. The minimum Gasteiger partial charge on any atom is -0.594 e. The monoisotopic (exact) mass is 367 g/mol. The van der Waals surface area contributed by atoms with Gasteiger partial charge in [0, 0.05) is 43.3 Å². The zero-order valence-corrected chi connectivity index (χ0v) is 14.1. The van der Waals surface area contributed by atoms with E-state index in [1.54, 1.807) is 12.1 Å². The second-order valence-electron chi connectivity index (χ2n) is 6.01. The number of halogens is 1. The van der Waals surface area contributed by atoms with Crippen LogP contribution in [0.25, 0.3) is 11.0 Å². The first kappa shape index (κ1) is 17.4.